The van der Waals surface area contributed by atoms with Gasteiger partial charge in [-0.05, 0) is 37.8 Å². The van der Waals surface area contributed by atoms with E-state index in [0.717, 1.165) is 37.0 Å². The number of fused-ring (bicyclic) bond motifs is 1. The molecule has 0 bridgehead atoms. The van der Waals surface area contributed by atoms with Gasteiger partial charge in [-0.1, -0.05) is 44.0 Å². The van der Waals surface area contributed by atoms with Crippen LogP contribution in [0.3, 0.4) is 0 Å². The molecule has 2 rings (SSSR count). The van der Waals surface area contributed by atoms with E-state index in [9.17, 15) is 4.79 Å². The third kappa shape index (κ3) is 3.09. The molecule has 1 aromatic rings. The van der Waals surface area contributed by atoms with Crippen LogP contribution in [0.25, 0.3) is 0 Å². The molecule has 1 heterocycles. The summed E-state index contributed by atoms with van der Waals surface area (Å²) in [6, 6.07) is 8.24. The Morgan fingerprint density at radius 2 is 2.10 bits per heavy atom. The molecule has 0 saturated heterocycles. The molecule has 1 aliphatic rings. The van der Waals surface area contributed by atoms with E-state index in [1.807, 2.05) is 12.1 Å². The summed E-state index contributed by atoms with van der Waals surface area (Å²) < 4.78 is 0. The highest BCUT2D eigenvalue weighted by atomic mass is 16.1. The SMILES string of the molecule is CCCC[C@H](C(N)=O)C1=NC(C)(C)Cc2ccccc21. The van der Waals surface area contributed by atoms with Crippen molar-refractivity contribution in [3.8, 4) is 0 Å². The van der Waals surface area contributed by atoms with E-state index in [1.54, 1.807) is 0 Å². The lowest BCUT2D eigenvalue weighted by molar-refractivity contribution is -0.120. The van der Waals surface area contributed by atoms with Crippen LogP contribution in [0.5, 0.6) is 0 Å². The maximum absolute atomic E-state index is 11.9. The molecule has 1 aromatic carbocycles. The second kappa shape index (κ2) is 5.78. The fourth-order valence-corrected chi connectivity index (χ4v) is 2.90. The monoisotopic (exact) mass is 272 g/mol. The van der Waals surface area contributed by atoms with Gasteiger partial charge < -0.3 is 5.73 Å². The third-order valence-corrected chi connectivity index (χ3v) is 3.86. The summed E-state index contributed by atoms with van der Waals surface area (Å²) in [7, 11) is 0. The van der Waals surface area contributed by atoms with Crippen molar-refractivity contribution < 1.29 is 4.79 Å². The molecule has 3 heteroatoms. The number of hydrogen-bond acceptors (Lipinski definition) is 2. The maximum Gasteiger partial charge on any atom is 0.226 e. The molecule has 0 spiro atoms. The van der Waals surface area contributed by atoms with Gasteiger partial charge >= 0.3 is 0 Å². The van der Waals surface area contributed by atoms with Gasteiger partial charge in [0.15, 0.2) is 0 Å². The Morgan fingerprint density at radius 3 is 2.75 bits per heavy atom. The lowest BCUT2D eigenvalue weighted by Gasteiger charge is -2.31. The second-order valence-corrected chi connectivity index (χ2v) is 6.24. The molecule has 0 unspecified atom stereocenters. The Bertz CT molecular complexity index is 532. The van der Waals surface area contributed by atoms with Gasteiger partial charge in [-0.15, -0.1) is 0 Å². The molecule has 0 aliphatic carbocycles. The van der Waals surface area contributed by atoms with Crippen molar-refractivity contribution in [2.24, 2.45) is 16.6 Å². The Morgan fingerprint density at radius 1 is 1.40 bits per heavy atom. The van der Waals surface area contributed by atoms with Crippen LogP contribution in [0.1, 0.15) is 51.2 Å². The standard InChI is InChI=1S/C17H24N2O/c1-4-5-9-14(16(18)20)15-13-10-7-6-8-12(13)11-17(2,3)19-15/h6-8,10,14H,4-5,9,11H2,1-3H3,(H2,18,20)/t14-/m0/s1. The Hall–Kier alpha value is -1.64. The van der Waals surface area contributed by atoms with Crippen LogP contribution in [0.15, 0.2) is 29.3 Å². The van der Waals surface area contributed by atoms with Gasteiger partial charge in [0.1, 0.15) is 0 Å². The number of primary amides is 1. The van der Waals surface area contributed by atoms with Gasteiger partial charge in [0.2, 0.25) is 5.91 Å². The van der Waals surface area contributed by atoms with Crippen molar-refractivity contribution in [2.75, 3.05) is 0 Å². The van der Waals surface area contributed by atoms with E-state index >= 15 is 0 Å². The van der Waals surface area contributed by atoms with Gasteiger partial charge in [-0.2, -0.15) is 0 Å². The van der Waals surface area contributed by atoms with Crippen molar-refractivity contribution in [3.05, 3.63) is 35.4 Å². The van der Waals surface area contributed by atoms with Crippen molar-refractivity contribution in [1.29, 1.82) is 0 Å². The molecule has 2 N–H and O–H groups in total. The normalized spacial score (nSPS) is 18.1. The lowest BCUT2D eigenvalue weighted by atomic mass is 9.81. The molecule has 1 atom stereocenters. The Kier molecular flexibility index (Phi) is 4.26. The van der Waals surface area contributed by atoms with Crippen LogP contribution in [0.4, 0.5) is 0 Å². The number of unbranched alkanes of at least 4 members (excludes halogenated alkanes) is 1. The topological polar surface area (TPSA) is 55.5 Å². The van der Waals surface area contributed by atoms with Gasteiger partial charge in [-0.25, -0.2) is 0 Å². The van der Waals surface area contributed by atoms with E-state index in [4.69, 9.17) is 10.7 Å². The summed E-state index contributed by atoms with van der Waals surface area (Å²) in [5.74, 6) is -0.527. The van der Waals surface area contributed by atoms with E-state index in [-0.39, 0.29) is 17.4 Å². The van der Waals surface area contributed by atoms with Crippen molar-refractivity contribution in [2.45, 2.75) is 52.0 Å². The number of nitrogens with zero attached hydrogens (tertiary/aromatic N) is 1. The molecular weight excluding hydrogens is 248 g/mol. The first-order valence-electron chi connectivity index (χ1n) is 7.42. The van der Waals surface area contributed by atoms with Crippen LogP contribution in [0.2, 0.25) is 0 Å². The summed E-state index contributed by atoms with van der Waals surface area (Å²) >= 11 is 0. The summed E-state index contributed by atoms with van der Waals surface area (Å²) in [6.45, 7) is 6.35. The number of amides is 1. The number of benzene rings is 1. The smallest absolute Gasteiger partial charge is 0.226 e. The largest absolute Gasteiger partial charge is 0.369 e. The quantitative estimate of drug-likeness (QED) is 0.879. The Labute approximate surface area is 121 Å². The van der Waals surface area contributed by atoms with Crippen LogP contribution < -0.4 is 5.73 Å². The Balaban J connectivity index is 2.45. The number of aliphatic imine (C=N–C) groups is 1. The summed E-state index contributed by atoms with van der Waals surface area (Å²) in [5.41, 5.74) is 8.73. The average Bonchev–Trinajstić information content (AvgIpc) is 2.37. The van der Waals surface area contributed by atoms with Gasteiger partial charge in [0.25, 0.3) is 0 Å². The van der Waals surface area contributed by atoms with Crippen molar-refractivity contribution >= 4 is 11.6 Å². The lowest BCUT2D eigenvalue weighted by Crippen LogP contribution is -2.37. The van der Waals surface area contributed by atoms with Crippen LogP contribution in [-0.2, 0) is 11.2 Å². The zero-order valence-corrected chi connectivity index (χ0v) is 12.6. The molecule has 0 fully saturated rings. The van der Waals surface area contributed by atoms with Gasteiger partial charge in [0.05, 0.1) is 17.2 Å². The molecular formula is C17H24N2O. The number of carbonyl (C=O) groups excluding carboxylic acids is 1. The van der Waals surface area contributed by atoms with Crippen LogP contribution >= 0.6 is 0 Å². The van der Waals surface area contributed by atoms with E-state index in [2.05, 4.69) is 32.9 Å². The van der Waals surface area contributed by atoms with Crippen molar-refractivity contribution in [3.63, 3.8) is 0 Å². The highest BCUT2D eigenvalue weighted by Gasteiger charge is 2.32. The first-order valence-corrected chi connectivity index (χ1v) is 7.42. The number of nitrogens with two attached hydrogens (primary N) is 1. The van der Waals surface area contributed by atoms with Gasteiger partial charge in [0, 0.05) is 0 Å². The van der Waals surface area contributed by atoms with E-state index in [1.165, 1.54) is 5.56 Å². The molecule has 1 aliphatic heterocycles. The molecule has 0 radical (unpaired) electrons. The zero-order chi connectivity index (χ0) is 14.8. The third-order valence-electron chi connectivity index (χ3n) is 3.86. The highest BCUT2D eigenvalue weighted by Crippen LogP contribution is 2.30. The minimum atomic E-state index is -0.268. The van der Waals surface area contributed by atoms with Crippen LogP contribution in [-0.4, -0.2) is 17.2 Å². The highest BCUT2D eigenvalue weighted by molar-refractivity contribution is 6.14. The second-order valence-electron chi connectivity index (χ2n) is 6.24. The van der Waals surface area contributed by atoms with E-state index < -0.39 is 0 Å². The number of carbonyl (C=O) groups is 1. The fourth-order valence-electron chi connectivity index (χ4n) is 2.90. The summed E-state index contributed by atoms with van der Waals surface area (Å²) in [5, 5.41) is 0. The summed E-state index contributed by atoms with van der Waals surface area (Å²) in [6.07, 6.45) is 3.75. The predicted octanol–water partition coefficient (Wildman–Crippen LogP) is 3.10. The summed E-state index contributed by atoms with van der Waals surface area (Å²) in [4.78, 5) is 16.7. The zero-order valence-electron chi connectivity index (χ0n) is 12.6. The molecule has 20 heavy (non-hydrogen) atoms. The molecule has 0 saturated carbocycles. The molecule has 3 nitrogen and oxygen atoms in total. The maximum atomic E-state index is 11.9. The molecule has 108 valence electrons. The first-order chi connectivity index (χ1) is 9.44. The minimum absolute atomic E-state index is 0.163. The average molecular weight is 272 g/mol. The molecule has 0 aromatic heterocycles. The fraction of sp³-hybridized carbons (Fsp3) is 0.529. The van der Waals surface area contributed by atoms with E-state index in [0.29, 0.717) is 0 Å². The van der Waals surface area contributed by atoms with Crippen molar-refractivity contribution in [1.82, 2.24) is 0 Å². The number of rotatable bonds is 5. The molecule has 1 amide bonds. The van der Waals surface area contributed by atoms with Crippen LogP contribution in [0, 0.1) is 5.92 Å². The van der Waals surface area contributed by atoms with Gasteiger partial charge in [-0.3, -0.25) is 9.79 Å². The predicted molar refractivity (Wildman–Crippen MR) is 83.0 cm³/mol. The minimum Gasteiger partial charge on any atom is -0.369 e. The number of hydrogen-bond donors (Lipinski definition) is 1. The first kappa shape index (κ1) is 14.8.